The minimum atomic E-state index is -3.87. The van der Waals surface area contributed by atoms with Crippen molar-refractivity contribution < 1.29 is 23.1 Å². The highest BCUT2D eigenvalue weighted by Gasteiger charge is 2.34. The summed E-state index contributed by atoms with van der Waals surface area (Å²) in [6.07, 6.45) is -0.403. The summed E-state index contributed by atoms with van der Waals surface area (Å²) in [5, 5.41) is 12.5. The highest BCUT2D eigenvalue weighted by atomic mass is 35.5. The standard InChI is InChI=1S/C23H28ClN3O5S/c1-25-10-11-27(22(29)14-25)19-6-8-26(9-7-19)23(30)21(28)15-33(31,32)20-5-3-16-12-18(24)4-2-17(16)13-20/h2-5,12-13,19,21,28H,6-11,14-15H2,1H3. The first-order chi connectivity index (χ1) is 15.6. The molecule has 2 heterocycles. The predicted octanol–water partition coefficient (Wildman–Crippen LogP) is 1.39. The zero-order chi connectivity index (χ0) is 23.8. The fourth-order valence-corrected chi connectivity index (χ4v) is 6.08. The maximum absolute atomic E-state index is 12.9. The Morgan fingerprint density at radius 3 is 2.45 bits per heavy atom. The number of carbonyl (C=O) groups excluding carboxylic acids is 2. The van der Waals surface area contributed by atoms with Crippen molar-refractivity contribution in [3.05, 3.63) is 41.4 Å². The average Bonchev–Trinajstić information content (AvgIpc) is 2.78. The molecule has 2 aromatic rings. The molecule has 0 aliphatic carbocycles. The molecule has 10 heteroatoms. The minimum absolute atomic E-state index is 0.0523. The van der Waals surface area contributed by atoms with Crippen molar-refractivity contribution >= 4 is 44.0 Å². The third-order valence-corrected chi connectivity index (χ3v) is 8.42. The van der Waals surface area contributed by atoms with Crippen LogP contribution in [0.2, 0.25) is 5.02 Å². The summed E-state index contributed by atoms with van der Waals surface area (Å²) >= 11 is 5.98. The molecule has 1 N–H and O–H groups in total. The van der Waals surface area contributed by atoms with Crippen LogP contribution in [0.4, 0.5) is 0 Å². The molecule has 0 bridgehead atoms. The molecule has 0 aromatic heterocycles. The van der Waals surface area contributed by atoms with Gasteiger partial charge in [0, 0.05) is 37.2 Å². The molecule has 1 atom stereocenters. The molecule has 33 heavy (non-hydrogen) atoms. The number of hydrogen-bond donors (Lipinski definition) is 1. The van der Waals surface area contributed by atoms with Crippen molar-refractivity contribution in [2.24, 2.45) is 0 Å². The van der Waals surface area contributed by atoms with Gasteiger partial charge in [-0.15, -0.1) is 0 Å². The lowest BCUT2D eigenvalue weighted by Crippen LogP contribution is -2.56. The number of aliphatic hydroxyl groups is 1. The molecular formula is C23H28ClN3O5S. The highest BCUT2D eigenvalue weighted by molar-refractivity contribution is 7.91. The summed E-state index contributed by atoms with van der Waals surface area (Å²) < 4.78 is 25.7. The molecule has 2 amide bonds. The van der Waals surface area contributed by atoms with E-state index in [9.17, 15) is 23.1 Å². The SMILES string of the molecule is CN1CCN(C2CCN(C(=O)C(O)CS(=O)(=O)c3ccc4cc(Cl)ccc4c3)CC2)C(=O)C1. The van der Waals surface area contributed by atoms with Crippen LogP contribution in [0.5, 0.6) is 0 Å². The number of carbonyl (C=O) groups is 2. The predicted molar refractivity (Wildman–Crippen MR) is 126 cm³/mol. The van der Waals surface area contributed by atoms with E-state index in [1.165, 1.54) is 17.0 Å². The number of benzene rings is 2. The Balaban J connectivity index is 1.36. The Kier molecular flexibility index (Phi) is 6.95. The lowest BCUT2D eigenvalue weighted by Gasteiger charge is -2.42. The molecule has 8 nitrogen and oxygen atoms in total. The molecule has 0 spiro atoms. The molecule has 2 fully saturated rings. The quantitative estimate of drug-likeness (QED) is 0.676. The van der Waals surface area contributed by atoms with E-state index >= 15 is 0 Å². The van der Waals surface area contributed by atoms with E-state index < -0.39 is 27.6 Å². The Labute approximate surface area is 198 Å². The van der Waals surface area contributed by atoms with E-state index in [0.29, 0.717) is 49.4 Å². The number of likely N-dealkylation sites (tertiary alicyclic amines) is 1. The maximum atomic E-state index is 12.9. The Hall–Kier alpha value is -2.20. The van der Waals surface area contributed by atoms with Gasteiger partial charge in [-0.25, -0.2) is 8.42 Å². The summed E-state index contributed by atoms with van der Waals surface area (Å²) in [5.74, 6) is -1.17. The summed E-state index contributed by atoms with van der Waals surface area (Å²) in [6.45, 7) is 2.67. The zero-order valence-electron chi connectivity index (χ0n) is 18.5. The first-order valence-electron chi connectivity index (χ1n) is 11.0. The van der Waals surface area contributed by atoms with Gasteiger partial charge in [0.25, 0.3) is 5.91 Å². The number of fused-ring (bicyclic) bond motifs is 1. The zero-order valence-corrected chi connectivity index (χ0v) is 20.1. The number of halogens is 1. The summed E-state index contributed by atoms with van der Waals surface area (Å²) in [5.41, 5.74) is 0. The monoisotopic (exact) mass is 493 g/mol. The number of piperidine rings is 1. The van der Waals surface area contributed by atoms with E-state index in [0.717, 1.165) is 11.9 Å². The molecule has 2 aliphatic heterocycles. The fraction of sp³-hybridized carbons (Fsp3) is 0.478. The first-order valence-corrected chi connectivity index (χ1v) is 13.0. The second-order valence-electron chi connectivity index (χ2n) is 8.83. The molecule has 1 unspecified atom stereocenters. The van der Waals surface area contributed by atoms with Gasteiger partial charge in [0.2, 0.25) is 5.91 Å². The van der Waals surface area contributed by atoms with Crippen molar-refractivity contribution in [1.82, 2.24) is 14.7 Å². The Bertz CT molecular complexity index is 1160. The van der Waals surface area contributed by atoms with Crippen LogP contribution in [-0.4, -0.2) is 97.7 Å². The normalized spacial score (nSPS) is 19.8. The van der Waals surface area contributed by atoms with E-state index in [-0.39, 0.29) is 16.8 Å². The van der Waals surface area contributed by atoms with Gasteiger partial charge in [-0.3, -0.25) is 14.5 Å². The Morgan fingerprint density at radius 1 is 1.09 bits per heavy atom. The largest absolute Gasteiger partial charge is 0.382 e. The van der Waals surface area contributed by atoms with E-state index in [4.69, 9.17) is 11.6 Å². The van der Waals surface area contributed by atoms with E-state index in [2.05, 4.69) is 0 Å². The smallest absolute Gasteiger partial charge is 0.252 e. The summed E-state index contributed by atoms with van der Waals surface area (Å²) in [6, 6.07) is 9.87. The third kappa shape index (κ3) is 5.32. The van der Waals surface area contributed by atoms with Crippen molar-refractivity contribution in [2.45, 2.75) is 29.9 Å². The van der Waals surface area contributed by atoms with Crippen LogP contribution in [0.25, 0.3) is 10.8 Å². The molecule has 0 saturated carbocycles. The Morgan fingerprint density at radius 2 is 1.76 bits per heavy atom. The number of nitrogens with zero attached hydrogens (tertiary/aromatic N) is 3. The number of aliphatic hydroxyl groups excluding tert-OH is 1. The highest BCUT2D eigenvalue weighted by Crippen LogP contribution is 2.24. The molecule has 2 aliphatic rings. The molecule has 0 radical (unpaired) electrons. The van der Waals surface area contributed by atoms with Crippen molar-refractivity contribution in [3.63, 3.8) is 0 Å². The molecular weight excluding hydrogens is 466 g/mol. The number of rotatable bonds is 5. The van der Waals surface area contributed by atoms with Gasteiger partial charge in [-0.2, -0.15) is 0 Å². The van der Waals surface area contributed by atoms with Crippen molar-refractivity contribution in [1.29, 1.82) is 0 Å². The van der Waals surface area contributed by atoms with Gasteiger partial charge >= 0.3 is 0 Å². The maximum Gasteiger partial charge on any atom is 0.252 e. The topological polar surface area (TPSA) is 98.2 Å². The van der Waals surface area contributed by atoms with Gasteiger partial charge in [0.1, 0.15) is 6.10 Å². The van der Waals surface area contributed by atoms with Crippen LogP contribution in [0.15, 0.2) is 41.3 Å². The number of sulfone groups is 1. The third-order valence-electron chi connectivity index (χ3n) is 6.46. The lowest BCUT2D eigenvalue weighted by molar-refractivity contribution is -0.143. The van der Waals surface area contributed by atoms with E-state index in [1.54, 1.807) is 24.3 Å². The lowest BCUT2D eigenvalue weighted by atomic mass is 10.0. The average molecular weight is 494 g/mol. The minimum Gasteiger partial charge on any atom is -0.382 e. The van der Waals surface area contributed by atoms with Gasteiger partial charge < -0.3 is 14.9 Å². The number of hydrogen-bond acceptors (Lipinski definition) is 6. The van der Waals surface area contributed by atoms with Crippen LogP contribution in [-0.2, 0) is 19.4 Å². The number of piperazine rings is 1. The molecule has 178 valence electrons. The van der Waals surface area contributed by atoms with Gasteiger partial charge in [0.15, 0.2) is 9.84 Å². The number of likely N-dealkylation sites (N-methyl/N-ethyl adjacent to an activating group) is 1. The van der Waals surface area contributed by atoms with Crippen LogP contribution in [0, 0.1) is 0 Å². The molecule has 2 saturated heterocycles. The van der Waals surface area contributed by atoms with Crippen LogP contribution in [0.1, 0.15) is 12.8 Å². The second-order valence-corrected chi connectivity index (χ2v) is 11.3. The van der Waals surface area contributed by atoms with Crippen molar-refractivity contribution in [3.8, 4) is 0 Å². The number of amides is 2. The molecule has 4 rings (SSSR count). The summed E-state index contributed by atoms with van der Waals surface area (Å²) in [7, 11) is -1.96. The van der Waals surface area contributed by atoms with Gasteiger partial charge in [-0.05, 0) is 54.9 Å². The summed E-state index contributed by atoms with van der Waals surface area (Å²) in [4.78, 5) is 30.5. The van der Waals surface area contributed by atoms with Crippen LogP contribution in [0.3, 0.4) is 0 Å². The van der Waals surface area contributed by atoms with Gasteiger partial charge in [0.05, 0.1) is 17.2 Å². The van der Waals surface area contributed by atoms with Crippen molar-refractivity contribution in [2.75, 3.05) is 45.5 Å². The first kappa shape index (κ1) is 23.9. The van der Waals surface area contributed by atoms with Crippen LogP contribution >= 0.6 is 11.6 Å². The fourth-order valence-electron chi connectivity index (χ4n) is 4.56. The molecule has 2 aromatic carbocycles. The second kappa shape index (κ2) is 9.58. The van der Waals surface area contributed by atoms with Crippen LogP contribution < -0.4 is 0 Å². The van der Waals surface area contributed by atoms with Gasteiger partial charge in [-0.1, -0.05) is 23.7 Å². The van der Waals surface area contributed by atoms with E-state index in [1.807, 2.05) is 16.8 Å².